The maximum atomic E-state index is 11.3. The van der Waals surface area contributed by atoms with Gasteiger partial charge in [0.25, 0.3) is 0 Å². The molecule has 8 heteroatoms. The predicted molar refractivity (Wildman–Crippen MR) is 42.3 cm³/mol. The van der Waals surface area contributed by atoms with Gasteiger partial charge in [-0.1, -0.05) is 0 Å². The van der Waals surface area contributed by atoms with Crippen LogP contribution in [0.5, 0.6) is 0 Å². The Hall–Kier alpha value is -0.990. The van der Waals surface area contributed by atoms with E-state index >= 15 is 0 Å². The lowest BCUT2D eigenvalue weighted by Crippen LogP contribution is -2.68. The van der Waals surface area contributed by atoms with E-state index in [0.29, 0.717) is 0 Å². The standard InChI is InChI=1S/C8H13N2O.ClHO4/c1-6-5-7(2)10(4)8(11)9(6)3;2-1(3,4)5/h5H,1-4H3;(H,2,3,4,5)/q+1;/p-1. The average molecular weight is 253 g/mol. The van der Waals surface area contributed by atoms with E-state index in [0.717, 1.165) is 11.4 Å². The van der Waals surface area contributed by atoms with E-state index in [1.807, 2.05) is 19.9 Å². The zero-order chi connectivity index (χ0) is 13.1. The van der Waals surface area contributed by atoms with Gasteiger partial charge in [0.2, 0.25) is 0 Å². The van der Waals surface area contributed by atoms with Gasteiger partial charge in [0.15, 0.2) is 0 Å². The lowest BCUT2D eigenvalue weighted by Gasteiger charge is -2.17. The van der Waals surface area contributed by atoms with E-state index in [-0.39, 0.29) is 5.69 Å². The summed E-state index contributed by atoms with van der Waals surface area (Å²) >= 11 is 0. The predicted octanol–water partition coefficient (Wildman–Crippen LogP) is -4.93. The largest absolute Gasteiger partial charge is 0.497 e. The van der Waals surface area contributed by atoms with Crippen LogP contribution in [-0.2, 0) is 14.1 Å². The van der Waals surface area contributed by atoms with Gasteiger partial charge in [-0.2, -0.15) is 13.9 Å². The van der Waals surface area contributed by atoms with E-state index in [1.54, 1.807) is 23.2 Å². The van der Waals surface area contributed by atoms with Gasteiger partial charge in [-0.3, -0.25) is 0 Å². The Morgan fingerprint density at radius 2 is 1.62 bits per heavy atom. The van der Waals surface area contributed by atoms with Crippen LogP contribution in [0.3, 0.4) is 0 Å². The molecular formula is C8H13ClN2O5. The van der Waals surface area contributed by atoms with Crippen molar-refractivity contribution >= 4 is 0 Å². The molecule has 0 aliphatic rings. The molecule has 0 aromatic carbocycles. The normalized spacial score (nSPS) is 10.8. The molecule has 0 aliphatic heterocycles. The number of hydrogen-bond acceptors (Lipinski definition) is 5. The number of aromatic nitrogens is 2. The fourth-order valence-electron chi connectivity index (χ4n) is 1.02. The Balaban J connectivity index is 0.000000385. The summed E-state index contributed by atoms with van der Waals surface area (Å²) < 4.78 is 37.2. The van der Waals surface area contributed by atoms with E-state index in [1.165, 1.54) is 0 Å². The molecule has 0 saturated heterocycles. The molecule has 0 N–H and O–H groups in total. The molecule has 0 atom stereocenters. The van der Waals surface area contributed by atoms with Crippen LogP contribution in [-0.4, -0.2) is 4.57 Å². The summed E-state index contributed by atoms with van der Waals surface area (Å²) in [5.41, 5.74) is 2.01. The minimum absolute atomic E-state index is 0.0301. The molecule has 16 heavy (non-hydrogen) atoms. The molecule has 0 radical (unpaired) electrons. The summed E-state index contributed by atoms with van der Waals surface area (Å²) in [5, 5.41) is 0. The monoisotopic (exact) mass is 252 g/mol. The van der Waals surface area contributed by atoms with Crippen molar-refractivity contribution in [3.63, 3.8) is 0 Å². The smallest absolute Gasteiger partial charge is 0.222 e. The highest BCUT2D eigenvalue weighted by molar-refractivity contribution is 5.01. The first-order chi connectivity index (χ1) is 7.04. The molecule has 1 aromatic heterocycles. The van der Waals surface area contributed by atoms with Gasteiger partial charge in [-0.15, -0.1) is 10.2 Å². The fourth-order valence-corrected chi connectivity index (χ4v) is 1.02. The quantitative estimate of drug-likeness (QED) is 0.429. The van der Waals surface area contributed by atoms with Gasteiger partial charge in [-0.05, 0) is 13.8 Å². The highest BCUT2D eigenvalue weighted by Gasteiger charge is 2.08. The van der Waals surface area contributed by atoms with Crippen molar-refractivity contribution in [3.05, 3.63) is 27.9 Å². The summed E-state index contributed by atoms with van der Waals surface area (Å²) in [6.45, 7) is 3.85. The average Bonchev–Trinajstić information content (AvgIpc) is 2.09. The second kappa shape index (κ2) is 5.37. The lowest BCUT2D eigenvalue weighted by molar-refractivity contribution is -2.00. The third-order valence-electron chi connectivity index (χ3n) is 2.05. The van der Waals surface area contributed by atoms with Crippen LogP contribution in [0.4, 0.5) is 0 Å². The molecule has 0 bridgehead atoms. The molecule has 1 heterocycles. The SMILES string of the molecule is Cc1cc(C)[n+](C)c(=O)n1C.[O-][Cl+3]([O-])([O-])[O-]. The van der Waals surface area contributed by atoms with E-state index in [4.69, 9.17) is 18.6 Å². The molecular weight excluding hydrogens is 240 g/mol. The molecule has 0 amide bonds. The minimum Gasteiger partial charge on any atom is -0.222 e. The molecule has 0 fully saturated rings. The van der Waals surface area contributed by atoms with Crippen LogP contribution < -0.4 is 28.9 Å². The van der Waals surface area contributed by atoms with Gasteiger partial charge in [-0.25, -0.2) is 18.6 Å². The second-order valence-corrected chi connectivity index (χ2v) is 3.96. The molecule has 1 rings (SSSR count). The Bertz CT molecular complexity index is 388. The molecule has 0 unspecified atom stereocenters. The number of hydrogen-bond donors (Lipinski definition) is 0. The van der Waals surface area contributed by atoms with Gasteiger partial charge in [0.05, 0.1) is 14.1 Å². The van der Waals surface area contributed by atoms with Gasteiger partial charge >= 0.3 is 5.69 Å². The van der Waals surface area contributed by atoms with Crippen molar-refractivity contribution in [1.82, 2.24) is 4.57 Å². The minimum atomic E-state index is -4.94. The summed E-state index contributed by atoms with van der Waals surface area (Å²) in [7, 11) is -1.39. The van der Waals surface area contributed by atoms with E-state index < -0.39 is 10.2 Å². The molecule has 0 aliphatic carbocycles. The topological polar surface area (TPSA) is 118 Å². The number of aryl methyl sites for hydroxylation is 2. The summed E-state index contributed by atoms with van der Waals surface area (Å²) in [5.74, 6) is 0. The fraction of sp³-hybridized carbons (Fsp3) is 0.500. The highest BCUT2D eigenvalue weighted by atomic mass is 35.7. The Morgan fingerprint density at radius 3 is 2.00 bits per heavy atom. The second-order valence-electron chi connectivity index (χ2n) is 3.21. The van der Waals surface area contributed by atoms with Crippen LogP contribution >= 0.6 is 0 Å². The summed E-state index contributed by atoms with van der Waals surface area (Å²) in [6, 6.07) is 1.99. The third kappa shape index (κ3) is 5.19. The van der Waals surface area contributed by atoms with Crippen LogP contribution in [0.25, 0.3) is 0 Å². The van der Waals surface area contributed by atoms with E-state index in [9.17, 15) is 4.79 Å². The van der Waals surface area contributed by atoms with Crippen molar-refractivity contribution in [2.24, 2.45) is 14.1 Å². The van der Waals surface area contributed by atoms with Crippen molar-refractivity contribution < 1.29 is 33.4 Å². The summed E-state index contributed by atoms with van der Waals surface area (Å²) in [4.78, 5) is 11.3. The lowest BCUT2D eigenvalue weighted by atomic mass is 10.3. The van der Waals surface area contributed by atoms with Crippen molar-refractivity contribution in [1.29, 1.82) is 0 Å². The zero-order valence-corrected chi connectivity index (χ0v) is 10.1. The maximum absolute atomic E-state index is 11.3. The van der Waals surface area contributed by atoms with Crippen molar-refractivity contribution in [2.45, 2.75) is 13.8 Å². The molecule has 0 saturated carbocycles. The first-order valence-corrected chi connectivity index (χ1v) is 5.42. The zero-order valence-electron chi connectivity index (χ0n) is 9.39. The van der Waals surface area contributed by atoms with Crippen LogP contribution in [0, 0.1) is 24.1 Å². The molecule has 0 spiro atoms. The van der Waals surface area contributed by atoms with Crippen molar-refractivity contribution in [2.75, 3.05) is 0 Å². The maximum Gasteiger partial charge on any atom is 0.497 e. The van der Waals surface area contributed by atoms with Crippen LogP contribution in [0.2, 0.25) is 0 Å². The van der Waals surface area contributed by atoms with Gasteiger partial charge in [0.1, 0.15) is 11.4 Å². The van der Waals surface area contributed by atoms with Gasteiger partial charge in [0, 0.05) is 6.07 Å². The number of halogens is 1. The number of rotatable bonds is 0. The molecule has 7 nitrogen and oxygen atoms in total. The van der Waals surface area contributed by atoms with Crippen molar-refractivity contribution in [3.8, 4) is 0 Å². The number of nitrogens with zero attached hydrogens (tertiary/aromatic N) is 2. The highest BCUT2D eigenvalue weighted by Crippen LogP contribution is 1.91. The van der Waals surface area contributed by atoms with Gasteiger partial charge < -0.3 is 0 Å². The Morgan fingerprint density at radius 1 is 1.25 bits per heavy atom. The Kier molecular flexibility index (Phi) is 5.04. The molecule has 92 valence electrons. The Labute approximate surface area is 94.6 Å². The third-order valence-corrected chi connectivity index (χ3v) is 2.05. The summed E-state index contributed by atoms with van der Waals surface area (Å²) in [6.07, 6.45) is 0. The first-order valence-electron chi connectivity index (χ1n) is 4.19. The van der Waals surface area contributed by atoms with E-state index in [2.05, 4.69) is 0 Å². The first kappa shape index (κ1) is 15.0. The molecule has 1 aromatic rings. The van der Waals surface area contributed by atoms with Crippen LogP contribution in [0.1, 0.15) is 11.4 Å². The van der Waals surface area contributed by atoms with Crippen LogP contribution in [0.15, 0.2) is 10.9 Å².